The molecule has 0 bridgehead atoms. The topological polar surface area (TPSA) is 33.2 Å². The minimum atomic E-state index is -2.63. The monoisotopic (exact) mass is 528 g/mol. The first kappa shape index (κ1) is 26.3. The molecule has 2 unspecified atom stereocenters. The van der Waals surface area contributed by atoms with E-state index < -0.39 is 30.3 Å². The number of rotatable bonds is 8. The number of pyridine rings is 1. The Balaban J connectivity index is 1.97. The van der Waals surface area contributed by atoms with Crippen molar-refractivity contribution in [1.29, 1.82) is 0 Å². The molecule has 3 aromatic rings. The maximum absolute atomic E-state index is 14.3. The van der Waals surface area contributed by atoms with Gasteiger partial charge in [0.15, 0.2) is 0 Å². The van der Waals surface area contributed by atoms with Crippen LogP contribution in [0.4, 0.5) is 8.78 Å². The molecule has 7 heteroatoms. The summed E-state index contributed by atoms with van der Waals surface area (Å²) in [5, 5.41) is 1.13. The van der Waals surface area contributed by atoms with Crippen LogP contribution in [0.5, 0.6) is 0 Å². The third-order valence-electron chi connectivity index (χ3n) is 6.95. The second kappa shape index (κ2) is 11.1. The van der Waals surface area contributed by atoms with Crippen LogP contribution in [-0.4, -0.2) is 22.2 Å². The van der Waals surface area contributed by atoms with Crippen LogP contribution in [0.15, 0.2) is 85.6 Å². The summed E-state index contributed by atoms with van der Waals surface area (Å²) in [5.74, 6) is -0.409. The highest BCUT2D eigenvalue weighted by Crippen LogP contribution is 2.54. The van der Waals surface area contributed by atoms with Crippen LogP contribution in [0, 0.1) is 5.41 Å². The molecule has 36 heavy (non-hydrogen) atoms. The molecule has 0 saturated carbocycles. The zero-order chi connectivity index (χ0) is 25.9. The molecule has 4 atom stereocenters. The van der Waals surface area contributed by atoms with Crippen molar-refractivity contribution in [2.24, 2.45) is 5.41 Å². The molecule has 4 rings (SSSR count). The van der Waals surface area contributed by atoms with Gasteiger partial charge >= 0.3 is 0 Å². The van der Waals surface area contributed by atoms with Crippen molar-refractivity contribution in [1.82, 2.24) is 9.88 Å². The fourth-order valence-electron chi connectivity index (χ4n) is 5.35. The van der Waals surface area contributed by atoms with E-state index in [1.807, 2.05) is 37.3 Å². The summed E-state index contributed by atoms with van der Waals surface area (Å²) >= 11 is 12.6. The van der Waals surface area contributed by atoms with E-state index in [4.69, 9.17) is 23.2 Å². The molecule has 1 amide bonds. The van der Waals surface area contributed by atoms with Crippen LogP contribution in [0.2, 0.25) is 10.0 Å². The van der Waals surface area contributed by atoms with Crippen molar-refractivity contribution >= 4 is 29.1 Å². The second-order valence-electron chi connectivity index (χ2n) is 9.53. The van der Waals surface area contributed by atoms with Gasteiger partial charge in [0.05, 0.1) is 23.2 Å². The van der Waals surface area contributed by atoms with Gasteiger partial charge in [-0.05, 0) is 60.4 Å². The summed E-state index contributed by atoms with van der Waals surface area (Å²) in [4.78, 5) is 20.3. The number of piperidine rings is 1. The van der Waals surface area contributed by atoms with Gasteiger partial charge in [-0.3, -0.25) is 9.78 Å². The van der Waals surface area contributed by atoms with Crippen LogP contribution >= 0.6 is 23.2 Å². The molecular formula is C29H28Cl2F2N2O. The predicted octanol–water partition coefficient (Wildman–Crippen LogP) is 8.42. The summed E-state index contributed by atoms with van der Waals surface area (Å²) in [6, 6.07) is 18.5. The lowest BCUT2D eigenvalue weighted by Crippen LogP contribution is -2.53. The molecule has 2 aromatic carbocycles. The molecule has 2 heterocycles. The first-order chi connectivity index (χ1) is 17.2. The van der Waals surface area contributed by atoms with Gasteiger partial charge in [-0.1, -0.05) is 66.5 Å². The van der Waals surface area contributed by atoms with Crippen molar-refractivity contribution in [2.75, 3.05) is 0 Å². The summed E-state index contributed by atoms with van der Waals surface area (Å²) in [6.07, 6.45) is 1.04. The lowest BCUT2D eigenvalue weighted by atomic mass is 9.67. The van der Waals surface area contributed by atoms with Gasteiger partial charge in [0.25, 0.3) is 0 Å². The Labute approximate surface area is 220 Å². The molecule has 1 aromatic heterocycles. The van der Waals surface area contributed by atoms with Crippen LogP contribution in [-0.2, 0) is 4.79 Å². The van der Waals surface area contributed by atoms with Crippen molar-refractivity contribution in [3.63, 3.8) is 0 Å². The number of likely N-dealkylation sites (tertiary alicyclic amines) is 1. The Bertz CT molecular complexity index is 1210. The van der Waals surface area contributed by atoms with E-state index in [1.165, 1.54) is 0 Å². The predicted molar refractivity (Wildman–Crippen MR) is 140 cm³/mol. The fourth-order valence-corrected chi connectivity index (χ4v) is 5.67. The maximum Gasteiger partial charge on any atom is 0.241 e. The van der Waals surface area contributed by atoms with Gasteiger partial charge in [-0.25, -0.2) is 8.78 Å². The van der Waals surface area contributed by atoms with E-state index in [1.54, 1.807) is 53.6 Å². The maximum atomic E-state index is 14.3. The molecule has 1 aliphatic heterocycles. The lowest BCUT2D eigenvalue weighted by Gasteiger charge is -2.52. The molecule has 0 radical (unpaired) electrons. The van der Waals surface area contributed by atoms with Gasteiger partial charge in [0.2, 0.25) is 12.3 Å². The molecule has 3 nitrogen and oxygen atoms in total. The van der Waals surface area contributed by atoms with Gasteiger partial charge < -0.3 is 4.90 Å². The van der Waals surface area contributed by atoms with Crippen molar-refractivity contribution < 1.29 is 13.6 Å². The molecule has 1 saturated heterocycles. The quantitative estimate of drug-likeness (QED) is 0.275. The largest absolute Gasteiger partial charge is 0.326 e. The fraction of sp³-hybridized carbons (Fsp3) is 0.310. The summed E-state index contributed by atoms with van der Waals surface area (Å²) in [6.45, 7) is 5.76. The Morgan fingerprint density at radius 1 is 1.08 bits per heavy atom. The van der Waals surface area contributed by atoms with Crippen molar-refractivity contribution in [3.8, 4) is 0 Å². The molecule has 1 aliphatic rings. The number of allylic oxidation sites excluding steroid dienone is 1. The third kappa shape index (κ3) is 5.47. The normalized spacial score (nSPS) is 23.1. The Kier molecular flexibility index (Phi) is 8.11. The average Bonchev–Trinajstić information content (AvgIpc) is 2.85. The number of alkyl halides is 2. The molecule has 1 fully saturated rings. The molecular weight excluding hydrogens is 501 g/mol. The SMILES string of the molecule is C=CCC1(C)C[C@H](c2cccc(Cl)c2)[C@@H](c2ccc(Cl)cc2)N(C(CC(F)F)c2ccccn2)C1=O. The van der Waals surface area contributed by atoms with Crippen LogP contribution in [0.3, 0.4) is 0 Å². The second-order valence-corrected chi connectivity index (χ2v) is 10.4. The highest BCUT2D eigenvalue weighted by Gasteiger charge is 2.51. The summed E-state index contributed by atoms with van der Waals surface area (Å²) in [5.41, 5.74) is 1.34. The Morgan fingerprint density at radius 2 is 1.83 bits per heavy atom. The summed E-state index contributed by atoms with van der Waals surface area (Å²) in [7, 11) is 0. The molecule has 0 aliphatic carbocycles. The van der Waals surface area contributed by atoms with Crippen molar-refractivity contribution in [3.05, 3.63) is 112 Å². The van der Waals surface area contributed by atoms with Gasteiger partial charge in [0, 0.05) is 28.6 Å². The number of carbonyl (C=O) groups excluding carboxylic acids is 1. The lowest BCUT2D eigenvalue weighted by molar-refractivity contribution is -0.156. The number of nitrogens with zero attached hydrogens (tertiary/aromatic N) is 2. The molecule has 0 N–H and O–H groups in total. The minimum absolute atomic E-state index is 0.197. The van der Waals surface area contributed by atoms with E-state index in [9.17, 15) is 13.6 Å². The van der Waals surface area contributed by atoms with Crippen LogP contribution in [0.25, 0.3) is 0 Å². The number of hydrogen-bond acceptors (Lipinski definition) is 2. The Hall–Kier alpha value is -2.76. The highest BCUT2D eigenvalue weighted by atomic mass is 35.5. The number of aromatic nitrogens is 1. The van der Waals surface area contributed by atoms with E-state index in [0.29, 0.717) is 28.6 Å². The van der Waals surface area contributed by atoms with Gasteiger partial charge in [0.1, 0.15) is 0 Å². The van der Waals surface area contributed by atoms with Gasteiger partial charge in [-0.15, -0.1) is 6.58 Å². The van der Waals surface area contributed by atoms with Crippen molar-refractivity contribution in [2.45, 2.75) is 50.6 Å². The van der Waals surface area contributed by atoms with Crippen LogP contribution in [0.1, 0.15) is 61.0 Å². The zero-order valence-electron chi connectivity index (χ0n) is 20.0. The number of amides is 1. The van der Waals surface area contributed by atoms with E-state index >= 15 is 0 Å². The van der Waals surface area contributed by atoms with Crippen LogP contribution < -0.4 is 0 Å². The molecule has 188 valence electrons. The number of benzene rings is 2. The number of halogens is 4. The zero-order valence-corrected chi connectivity index (χ0v) is 21.5. The standard InChI is InChI=1S/C29H28Cl2F2N2O/c1-3-14-29(2)18-23(20-7-6-8-22(31)16-20)27(19-10-12-21(30)13-11-19)35(28(29)36)25(17-26(32)33)24-9-4-5-15-34-24/h3-13,15-16,23,25-27H,1,14,17-18H2,2H3/t23-,25?,27-,29?/m1/s1. The summed E-state index contributed by atoms with van der Waals surface area (Å²) < 4.78 is 28.1. The third-order valence-corrected chi connectivity index (χ3v) is 7.44. The highest BCUT2D eigenvalue weighted by molar-refractivity contribution is 6.30. The Morgan fingerprint density at radius 3 is 2.44 bits per heavy atom. The minimum Gasteiger partial charge on any atom is -0.326 e. The first-order valence-corrected chi connectivity index (χ1v) is 12.6. The smallest absolute Gasteiger partial charge is 0.241 e. The number of hydrogen-bond donors (Lipinski definition) is 0. The van der Waals surface area contributed by atoms with E-state index in [0.717, 1.165) is 11.1 Å². The first-order valence-electron chi connectivity index (χ1n) is 11.9. The van der Waals surface area contributed by atoms with E-state index in [-0.39, 0.29) is 11.8 Å². The number of carbonyl (C=O) groups is 1. The van der Waals surface area contributed by atoms with E-state index in [2.05, 4.69) is 11.6 Å². The average molecular weight is 529 g/mol. The molecule has 0 spiro atoms. The van der Waals surface area contributed by atoms with Gasteiger partial charge in [-0.2, -0.15) is 0 Å².